The molecule has 32 heavy (non-hydrogen) atoms. The van der Waals surface area contributed by atoms with E-state index in [1.54, 1.807) is 36.4 Å². The fraction of sp³-hybridized carbons (Fsp3) is 0.190. The fourth-order valence-electron chi connectivity index (χ4n) is 3.49. The van der Waals surface area contributed by atoms with Gasteiger partial charge in [0.1, 0.15) is 6.04 Å². The number of para-hydroxylation sites is 1. The molecule has 0 spiro atoms. The van der Waals surface area contributed by atoms with Crippen LogP contribution in [0.15, 0.2) is 52.1 Å². The number of H-pyrrole nitrogens is 1. The summed E-state index contributed by atoms with van der Waals surface area (Å²) < 4.78 is 1.24. The molecule has 0 saturated carbocycles. The Balaban J connectivity index is 1.42. The predicted octanol–water partition coefficient (Wildman–Crippen LogP) is 0.600. The Morgan fingerprint density at radius 1 is 1.09 bits per heavy atom. The molecule has 0 bridgehead atoms. The van der Waals surface area contributed by atoms with E-state index in [0.717, 1.165) is 0 Å². The van der Waals surface area contributed by atoms with E-state index in [4.69, 9.17) is 11.6 Å². The molecule has 1 aliphatic rings. The molecule has 0 unspecified atom stereocenters. The van der Waals surface area contributed by atoms with Crippen molar-refractivity contribution in [1.82, 2.24) is 20.2 Å². The average molecular weight is 456 g/mol. The van der Waals surface area contributed by atoms with Gasteiger partial charge in [0.25, 0.3) is 5.91 Å². The number of fused-ring (bicyclic) bond motifs is 2. The van der Waals surface area contributed by atoms with Gasteiger partial charge < -0.3 is 25.5 Å². The van der Waals surface area contributed by atoms with Gasteiger partial charge >= 0.3 is 11.1 Å². The van der Waals surface area contributed by atoms with Gasteiger partial charge in [-0.05, 0) is 30.3 Å². The molecule has 3 amide bonds. The first-order chi connectivity index (χ1) is 15.3. The minimum Gasteiger partial charge on any atom is -0.354 e. The number of hydrogen-bond donors (Lipinski definition) is 4. The van der Waals surface area contributed by atoms with Crippen LogP contribution >= 0.6 is 11.6 Å². The van der Waals surface area contributed by atoms with Gasteiger partial charge in [-0.15, -0.1) is 0 Å². The topological polar surface area (TPSA) is 142 Å². The minimum atomic E-state index is -1.06. The lowest BCUT2D eigenvalue weighted by Crippen LogP contribution is -2.45. The molecule has 1 atom stereocenters. The van der Waals surface area contributed by atoms with Crippen molar-refractivity contribution in [2.75, 3.05) is 11.9 Å². The van der Waals surface area contributed by atoms with Gasteiger partial charge in [-0.25, -0.2) is 0 Å². The summed E-state index contributed by atoms with van der Waals surface area (Å²) in [5.41, 5.74) is -0.0269. The zero-order valence-electron chi connectivity index (χ0n) is 16.6. The third kappa shape index (κ3) is 4.26. The number of benzene rings is 2. The first-order valence-corrected chi connectivity index (χ1v) is 10.1. The van der Waals surface area contributed by atoms with Gasteiger partial charge in [0.2, 0.25) is 11.8 Å². The lowest BCUT2D eigenvalue weighted by Gasteiger charge is -2.15. The van der Waals surface area contributed by atoms with E-state index in [9.17, 15) is 24.0 Å². The Bertz CT molecular complexity index is 1360. The number of aromatic amines is 1. The van der Waals surface area contributed by atoms with Crippen LogP contribution in [-0.2, 0) is 16.1 Å². The molecule has 10 nitrogen and oxygen atoms in total. The second-order valence-corrected chi connectivity index (χ2v) is 7.62. The maximum Gasteiger partial charge on any atom is 0.316 e. The molecule has 0 fully saturated rings. The predicted molar refractivity (Wildman–Crippen MR) is 118 cm³/mol. The third-order valence-electron chi connectivity index (χ3n) is 5.04. The van der Waals surface area contributed by atoms with Crippen LogP contribution in [0.1, 0.15) is 16.8 Å². The summed E-state index contributed by atoms with van der Waals surface area (Å²) in [6, 6.07) is 10.2. The molecule has 4 N–H and O–H groups in total. The van der Waals surface area contributed by atoms with Gasteiger partial charge in [0.15, 0.2) is 0 Å². The second kappa shape index (κ2) is 8.67. The fourth-order valence-corrected chi connectivity index (χ4v) is 3.67. The van der Waals surface area contributed by atoms with Crippen LogP contribution < -0.4 is 27.1 Å². The van der Waals surface area contributed by atoms with Crippen LogP contribution in [0.5, 0.6) is 0 Å². The number of rotatable bonds is 5. The van der Waals surface area contributed by atoms with E-state index in [1.165, 1.54) is 10.6 Å². The Morgan fingerprint density at radius 2 is 1.88 bits per heavy atom. The van der Waals surface area contributed by atoms with Crippen molar-refractivity contribution < 1.29 is 14.4 Å². The number of halogens is 1. The first-order valence-electron chi connectivity index (χ1n) is 9.73. The van der Waals surface area contributed by atoms with E-state index < -0.39 is 34.9 Å². The van der Waals surface area contributed by atoms with Crippen molar-refractivity contribution in [3.63, 3.8) is 0 Å². The molecule has 0 aliphatic carbocycles. The average Bonchev–Trinajstić information content (AvgIpc) is 2.87. The molecule has 0 radical (unpaired) electrons. The van der Waals surface area contributed by atoms with E-state index in [-0.39, 0.29) is 19.5 Å². The van der Waals surface area contributed by atoms with Crippen LogP contribution in [0.3, 0.4) is 0 Å². The number of carbonyl (C=O) groups is 3. The molecule has 2 aromatic carbocycles. The second-order valence-electron chi connectivity index (χ2n) is 7.19. The van der Waals surface area contributed by atoms with Gasteiger partial charge in [0.05, 0.1) is 28.7 Å². The van der Waals surface area contributed by atoms with E-state index in [1.807, 2.05) is 0 Å². The summed E-state index contributed by atoms with van der Waals surface area (Å²) in [5, 5.41) is 8.19. The van der Waals surface area contributed by atoms with Gasteiger partial charge in [0, 0.05) is 18.1 Å². The standard InChI is InChI=1S/C21H18ClN5O5/c22-11-5-6-16-14(9-11)25-20(31)21(32)27(16)8-7-23-17(28)10-15-19(30)24-13-4-2-1-3-12(13)18(29)26-15/h1-6,9,15H,7-8,10H2,(H,23,28)(H,24,30)(H,25,31)(H,26,29)/t15-/m0/s1. The van der Waals surface area contributed by atoms with Gasteiger partial charge in [-0.3, -0.25) is 24.0 Å². The summed E-state index contributed by atoms with van der Waals surface area (Å²) in [4.78, 5) is 63.8. The summed E-state index contributed by atoms with van der Waals surface area (Å²) >= 11 is 5.94. The van der Waals surface area contributed by atoms with Crippen molar-refractivity contribution in [1.29, 1.82) is 0 Å². The SMILES string of the molecule is O=C(C[C@@H]1NC(=O)c2ccccc2NC1=O)NCCn1c(=O)c(=O)[nH]c2cc(Cl)ccc21. The molecular formula is C21H18ClN5O5. The minimum absolute atomic E-state index is 0.0291. The summed E-state index contributed by atoms with van der Waals surface area (Å²) in [6.07, 6.45) is -0.286. The molecule has 0 saturated heterocycles. The maximum absolute atomic E-state index is 12.4. The molecule has 3 aromatic rings. The Kier molecular flexibility index (Phi) is 5.78. The number of nitrogens with one attached hydrogen (secondary N) is 4. The normalized spacial score (nSPS) is 15.5. The maximum atomic E-state index is 12.4. The highest BCUT2D eigenvalue weighted by atomic mass is 35.5. The van der Waals surface area contributed by atoms with Gasteiger partial charge in [-0.1, -0.05) is 23.7 Å². The Morgan fingerprint density at radius 3 is 2.69 bits per heavy atom. The lowest BCUT2D eigenvalue weighted by atomic mass is 10.1. The highest BCUT2D eigenvalue weighted by Gasteiger charge is 2.29. The van der Waals surface area contributed by atoms with Crippen LogP contribution in [0.4, 0.5) is 5.69 Å². The highest BCUT2D eigenvalue weighted by Crippen LogP contribution is 2.19. The van der Waals surface area contributed by atoms with E-state index in [0.29, 0.717) is 27.3 Å². The van der Waals surface area contributed by atoms with Crippen LogP contribution in [0, 0.1) is 0 Å². The molecule has 164 valence electrons. The smallest absolute Gasteiger partial charge is 0.316 e. The Labute approximate surface area is 185 Å². The quantitative estimate of drug-likeness (QED) is 0.417. The first kappa shape index (κ1) is 21.3. The molecular weight excluding hydrogens is 438 g/mol. The number of amides is 3. The number of nitrogens with zero attached hydrogens (tertiary/aromatic N) is 1. The number of hydrogen-bond acceptors (Lipinski definition) is 5. The van der Waals surface area contributed by atoms with Crippen molar-refractivity contribution in [3.8, 4) is 0 Å². The largest absolute Gasteiger partial charge is 0.354 e. The molecule has 2 heterocycles. The molecule has 1 aromatic heterocycles. The van der Waals surface area contributed by atoms with Crippen LogP contribution in [-0.4, -0.2) is 39.9 Å². The summed E-state index contributed by atoms with van der Waals surface area (Å²) in [7, 11) is 0. The van der Waals surface area contributed by atoms with Crippen molar-refractivity contribution in [3.05, 3.63) is 73.8 Å². The zero-order valence-corrected chi connectivity index (χ0v) is 17.4. The van der Waals surface area contributed by atoms with Crippen molar-refractivity contribution in [2.24, 2.45) is 0 Å². The highest BCUT2D eigenvalue weighted by molar-refractivity contribution is 6.31. The Hall–Kier alpha value is -3.92. The monoisotopic (exact) mass is 455 g/mol. The molecule has 1 aliphatic heterocycles. The van der Waals surface area contributed by atoms with Crippen molar-refractivity contribution >= 4 is 46.0 Å². The van der Waals surface area contributed by atoms with Crippen LogP contribution in [0.2, 0.25) is 5.02 Å². The number of anilines is 1. The number of carbonyl (C=O) groups excluding carboxylic acids is 3. The van der Waals surface area contributed by atoms with Crippen LogP contribution in [0.25, 0.3) is 11.0 Å². The third-order valence-corrected chi connectivity index (χ3v) is 5.27. The lowest BCUT2D eigenvalue weighted by molar-refractivity contribution is -0.125. The van der Waals surface area contributed by atoms with E-state index >= 15 is 0 Å². The zero-order chi connectivity index (χ0) is 22.8. The summed E-state index contributed by atoms with van der Waals surface area (Å²) in [5.74, 6) is -1.47. The molecule has 11 heteroatoms. The number of aromatic nitrogens is 2. The van der Waals surface area contributed by atoms with Gasteiger partial charge in [-0.2, -0.15) is 0 Å². The molecule has 4 rings (SSSR count). The van der Waals surface area contributed by atoms with E-state index in [2.05, 4.69) is 20.9 Å². The summed E-state index contributed by atoms with van der Waals surface area (Å²) in [6.45, 7) is 0.0592. The van der Waals surface area contributed by atoms with Crippen molar-refractivity contribution in [2.45, 2.75) is 19.0 Å².